The maximum Gasteiger partial charge on any atom is 0.409 e. The fourth-order valence-electron chi connectivity index (χ4n) is 7.16. The van der Waals surface area contributed by atoms with E-state index in [1.807, 2.05) is 20.8 Å². The lowest BCUT2D eigenvalue weighted by atomic mass is 9.82. The lowest BCUT2D eigenvalue weighted by molar-refractivity contribution is -0.141. The van der Waals surface area contributed by atoms with Crippen LogP contribution in [0.1, 0.15) is 116 Å². The van der Waals surface area contributed by atoms with Gasteiger partial charge in [0.15, 0.2) is 0 Å². The van der Waals surface area contributed by atoms with Gasteiger partial charge in [0.25, 0.3) is 11.8 Å². The molecule has 3 fully saturated rings. The van der Waals surface area contributed by atoms with Gasteiger partial charge >= 0.3 is 6.09 Å². The second-order valence-electron chi connectivity index (χ2n) is 16.6. The molecular weight excluding hydrogens is 694 g/mol. The average Bonchev–Trinajstić information content (AvgIpc) is 3.86. The number of rotatable bonds is 17. The van der Waals surface area contributed by atoms with Crippen molar-refractivity contribution in [2.45, 2.75) is 130 Å². The minimum atomic E-state index is -1.09. The fraction of sp³-hybridized carbons (Fsp3) is 0.718. The number of hydrogen-bond donors (Lipinski definition) is 4. The van der Waals surface area contributed by atoms with Crippen molar-refractivity contribution in [1.29, 1.82) is 0 Å². The molecule has 298 valence electrons. The van der Waals surface area contributed by atoms with E-state index in [4.69, 9.17) is 4.74 Å². The Balaban J connectivity index is 1.54. The maximum absolute atomic E-state index is 14.2. The highest BCUT2D eigenvalue weighted by molar-refractivity contribution is 6.37. The molecule has 0 aromatic carbocycles. The molecule has 5 atom stereocenters. The van der Waals surface area contributed by atoms with Crippen LogP contribution in [0.4, 0.5) is 4.79 Å². The predicted octanol–water partition coefficient (Wildman–Crippen LogP) is 3.12. The second kappa shape index (κ2) is 19.2. The molecule has 2 heterocycles. The van der Waals surface area contributed by atoms with E-state index < -0.39 is 70.9 Å². The molecule has 15 heteroatoms. The van der Waals surface area contributed by atoms with Gasteiger partial charge in [-0.2, -0.15) is 0 Å². The van der Waals surface area contributed by atoms with Crippen LogP contribution in [0.2, 0.25) is 0 Å². The zero-order valence-corrected chi connectivity index (χ0v) is 32.7. The Bertz CT molecular complexity index is 1500. The van der Waals surface area contributed by atoms with Crippen molar-refractivity contribution >= 4 is 41.3 Å². The summed E-state index contributed by atoms with van der Waals surface area (Å²) >= 11 is 0. The first-order chi connectivity index (χ1) is 25.6. The molecule has 0 unspecified atom stereocenters. The van der Waals surface area contributed by atoms with Crippen molar-refractivity contribution in [3.63, 3.8) is 0 Å². The quantitative estimate of drug-likeness (QED) is 0.171. The van der Waals surface area contributed by atoms with E-state index in [9.17, 15) is 33.6 Å². The molecule has 4 rings (SSSR count). The Labute approximate surface area is 318 Å². The Morgan fingerprint density at radius 3 is 2.20 bits per heavy atom. The van der Waals surface area contributed by atoms with E-state index in [0.717, 1.165) is 44.9 Å². The normalized spacial score (nSPS) is 20.7. The second-order valence-corrected chi connectivity index (χ2v) is 16.6. The van der Waals surface area contributed by atoms with E-state index in [0.29, 0.717) is 12.8 Å². The lowest BCUT2D eigenvalue weighted by Gasteiger charge is -2.35. The van der Waals surface area contributed by atoms with E-state index >= 15 is 0 Å². The summed E-state index contributed by atoms with van der Waals surface area (Å²) < 4.78 is 5.46. The number of amides is 5. The van der Waals surface area contributed by atoms with Crippen LogP contribution in [0.15, 0.2) is 18.6 Å². The van der Waals surface area contributed by atoms with Gasteiger partial charge in [0, 0.05) is 43.9 Å². The number of nitrogens with one attached hydrogen (secondary N) is 4. The molecule has 3 aliphatic rings. The summed E-state index contributed by atoms with van der Waals surface area (Å²) in [7, 11) is 0. The molecule has 0 spiro atoms. The SMILES string of the molecule is CCC[C@H](CC(=O)[C@@H]1CN(C(=O)OCC(C)C)C[C@@H]1NC(=O)[C@@H](NC(=O)[C@@H](NC(=O)c1cnccn1)C1CCCCC1)C(C)(C)C)C(=O)C(=O)NC1CC1. The van der Waals surface area contributed by atoms with Crippen molar-refractivity contribution in [3.05, 3.63) is 24.3 Å². The first kappa shape index (κ1) is 42.3. The minimum Gasteiger partial charge on any atom is -0.449 e. The first-order valence-corrected chi connectivity index (χ1v) is 19.6. The van der Waals surface area contributed by atoms with Gasteiger partial charge < -0.3 is 30.9 Å². The molecule has 2 saturated carbocycles. The molecule has 1 aliphatic heterocycles. The average molecular weight is 754 g/mol. The van der Waals surface area contributed by atoms with Crippen molar-refractivity contribution in [3.8, 4) is 0 Å². The van der Waals surface area contributed by atoms with Crippen LogP contribution < -0.4 is 21.3 Å². The van der Waals surface area contributed by atoms with E-state index in [1.165, 1.54) is 23.5 Å². The third-order valence-corrected chi connectivity index (χ3v) is 10.4. The Hall–Kier alpha value is -4.43. The fourth-order valence-corrected chi connectivity index (χ4v) is 7.16. The highest BCUT2D eigenvalue weighted by atomic mass is 16.6. The van der Waals surface area contributed by atoms with Crippen molar-refractivity contribution in [2.75, 3.05) is 19.7 Å². The highest BCUT2D eigenvalue weighted by Crippen LogP contribution is 2.29. The van der Waals surface area contributed by atoms with E-state index in [1.54, 1.807) is 20.8 Å². The number of aromatic nitrogens is 2. The van der Waals surface area contributed by atoms with Gasteiger partial charge in [-0.3, -0.25) is 33.8 Å². The van der Waals surface area contributed by atoms with Gasteiger partial charge in [0.2, 0.25) is 17.6 Å². The van der Waals surface area contributed by atoms with Crippen LogP contribution in [0.25, 0.3) is 0 Å². The Morgan fingerprint density at radius 2 is 1.61 bits per heavy atom. The Kier molecular flexibility index (Phi) is 15.1. The lowest BCUT2D eigenvalue weighted by Crippen LogP contribution is -2.61. The van der Waals surface area contributed by atoms with Crippen molar-refractivity contribution in [2.24, 2.45) is 29.1 Å². The maximum atomic E-state index is 14.2. The molecule has 1 aromatic heterocycles. The number of Topliss-reactive ketones (excluding diaryl/α,β-unsaturated/α-hetero) is 2. The molecule has 2 aliphatic carbocycles. The number of likely N-dealkylation sites (tertiary alicyclic amines) is 1. The summed E-state index contributed by atoms with van der Waals surface area (Å²) in [6.07, 6.45) is 10.1. The third kappa shape index (κ3) is 12.0. The van der Waals surface area contributed by atoms with E-state index in [-0.39, 0.29) is 55.5 Å². The van der Waals surface area contributed by atoms with Crippen LogP contribution in [0, 0.1) is 29.1 Å². The van der Waals surface area contributed by atoms with Crippen LogP contribution in [0.5, 0.6) is 0 Å². The van der Waals surface area contributed by atoms with Crippen LogP contribution in [-0.2, 0) is 28.7 Å². The standard InChI is InChI=1S/C39H59N7O8/c1-7-11-25(32(48)36(51)42-26-14-15-26)18-30(47)27-20-46(38(53)54-22-23(2)3)21-29(27)43-37(52)33(39(4,5)6)45-35(50)31(24-12-9-8-10-13-24)44-34(49)28-19-40-16-17-41-28/h16-17,19,23-27,29,31,33H,7-15,18,20-22H2,1-6H3,(H,42,51)(H,43,52)(H,44,49)(H,45,50)/t25-,27-,29+,31+,33-/m1/s1. The predicted molar refractivity (Wildman–Crippen MR) is 199 cm³/mol. The van der Waals surface area contributed by atoms with E-state index in [2.05, 4.69) is 31.2 Å². The van der Waals surface area contributed by atoms with Crippen LogP contribution in [-0.4, -0.2) is 100 Å². The molecule has 5 amide bonds. The molecular formula is C39H59N7O8. The largest absolute Gasteiger partial charge is 0.449 e. The number of carbonyl (C=O) groups excluding carboxylic acids is 7. The summed E-state index contributed by atoms with van der Waals surface area (Å²) in [6.45, 7) is 11.2. The number of ketones is 2. The molecule has 54 heavy (non-hydrogen) atoms. The first-order valence-electron chi connectivity index (χ1n) is 19.6. The van der Waals surface area contributed by atoms with Gasteiger partial charge in [-0.25, -0.2) is 9.78 Å². The summed E-state index contributed by atoms with van der Waals surface area (Å²) in [5.74, 6) is -5.13. The third-order valence-electron chi connectivity index (χ3n) is 10.4. The summed E-state index contributed by atoms with van der Waals surface area (Å²) in [5.41, 5.74) is -0.746. The molecule has 15 nitrogen and oxygen atoms in total. The number of hydrogen-bond acceptors (Lipinski definition) is 10. The topological polar surface area (TPSA) is 206 Å². The molecule has 0 bridgehead atoms. The molecule has 4 N–H and O–H groups in total. The molecule has 0 radical (unpaired) electrons. The van der Waals surface area contributed by atoms with Gasteiger partial charge in [-0.15, -0.1) is 0 Å². The van der Waals surface area contributed by atoms with Gasteiger partial charge in [-0.1, -0.05) is 67.2 Å². The van der Waals surface area contributed by atoms with Crippen molar-refractivity contribution < 1.29 is 38.3 Å². The van der Waals surface area contributed by atoms with Crippen LogP contribution >= 0.6 is 0 Å². The van der Waals surface area contributed by atoms with Crippen LogP contribution in [0.3, 0.4) is 0 Å². The van der Waals surface area contributed by atoms with Gasteiger partial charge in [-0.05, 0) is 49.4 Å². The molecule has 1 aromatic rings. The molecule has 1 saturated heterocycles. The minimum absolute atomic E-state index is 0.0112. The smallest absolute Gasteiger partial charge is 0.409 e. The number of nitrogens with zero attached hydrogens (tertiary/aromatic N) is 3. The summed E-state index contributed by atoms with van der Waals surface area (Å²) in [6, 6.07) is -2.90. The summed E-state index contributed by atoms with van der Waals surface area (Å²) in [5, 5.41) is 11.4. The highest BCUT2D eigenvalue weighted by Gasteiger charge is 2.45. The monoisotopic (exact) mass is 753 g/mol. The zero-order chi connectivity index (χ0) is 39.6. The van der Waals surface area contributed by atoms with Gasteiger partial charge in [0.1, 0.15) is 23.6 Å². The van der Waals surface area contributed by atoms with Gasteiger partial charge in [0.05, 0.1) is 24.8 Å². The zero-order valence-electron chi connectivity index (χ0n) is 32.7. The van der Waals surface area contributed by atoms with Crippen molar-refractivity contribution in [1.82, 2.24) is 36.1 Å². The number of carbonyl (C=O) groups is 7. The number of ether oxygens (including phenoxy) is 1. The summed E-state index contributed by atoms with van der Waals surface area (Å²) in [4.78, 5) is 104. The Morgan fingerprint density at radius 1 is 0.907 bits per heavy atom.